The number of nitrogens with zero attached hydrogens (tertiary/aromatic N) is 1. The summed E-state index contributed by atoms with van der Waals surface area (Å²) in [4.78, 5) is 4.18. The lowest BCUT2D eigenvalue weighted by Crippen LogP contribution is -1.95. The highest BCUT2D eigenvalue weighted by molar-refractivity contribution is 7.83. The third-order valence-corrected chi connectivity index (χ3v) is 3.06. The Bertz CT molecular complexity index is 539. The molecule has 0 radical (unpaired) electrons. The Hall–Kier alpha value is -1.55. The van der Waals surface area contributed by atoms with E-state index in [9.17, 15) is 8.60 Å². The fraction of sp³-hybridized carbons (Fsp3) is 0.154. The highest BCUT2D eigenvalue weighted by atomic mass is 32.2. The monoisotopic (exact) mass is 249 g/mol. The van der Waals surface area contributed by atoms with E-state index in [1.165, 1.54) is 6.07 Å². The molecule has 0 spiro atoms. The molecule has 0 saturated carbocycles. The maximum atomic E-state index is 13.5. The molecule has 1 unspecified atom stereocenters. The van der Waals surface area contributed by atoms with Gasteiger partial charge in [0.05, 0.1) is 11.4 Å². The maximum Gasteiger partial charge on any atom is 0.131 e. The Labute approximate surface area is 102 Å². The molecule has 1 aromatic carbocycles. The number of pyridine rings is 1. The van der Waals surface area contributed by atoms with Crippen LogP contribution in [0.1, 0.15) is 5.69 Å². The van der Waals surface area contributed by atoms with Crippen LogP contribution in [0.25, 0.3) is 11.1 Å². The summed E-state index contributed by atoms with van der Waals surface area (Å²) in [5, 5.41) is 0. The van der Waals surface area contributed by atoms with Gasteiger partial charge in [-0.2, -0.15) is 0 Å². The quantitative estimate of drug-likeness (QED) is 0.837. The van der Waals surface area contributed by atoms with Gasteiger partial charge in [-0.3, -0.25) is 9.19 Å². The van der Waals surface area contributed by atoms with Crippen molar-refractivity contribution >= 4 is 10.8 Å². The molecule has 2 nitrogen and oxygen atoms in total. The summed E-state index contributed by atoms with van der Waals surface area (Å²) in [6.45, 7) is 0. The van der Waals surface area contributed by atoms with Gasteiger partial charge in [0, 0.05) is 34.4 Å². The molecule has 0 aliphatic heterocycles. The number of benzene rings is 1. The average Bonchev–Trinajstić information content (AvgIpc) is 2.30. The van der Waals surface area contributed by atoms with Gasteiger partial charge >= 0.3 is 0 Å². The molecule has 0 bridgehead atoms. The van der Waals surface area contributed by atoms with Crippen LogP contribution >= 0.6 is 0 Å². The lowest BCUT2D eigenvalue weighted by molar-refractivity contribution is 0.631. The van der Waals surface area contributed by atoms with Crippen LogP contribution in [0.4, 0.5) is 4.39 Å². The van der Waals surface area contributed by atoms with E-state index in [0.29, 0.717) is 11.3 Å². The molecule has 0 amide bonds. The van der Waals surface area contributed by atoms with Gasteiger partial charge in [-0.25, -0.2) is 4.39 Å². The predicted molar refractivity (Wildman–Crippen MR) is 67.4 cm³/mol. The molecule has 1 atom stereocenters. The second-order valence-corrected chi connectivity index (χ2v) is 5.17. The van der Waals surface area contributed by atoms with Crippen molar-refractivity contribution in [2.45, 2.75) is 5.75 Å². The number of hydrogen-bond donors (Lipinski definition) is 0. The topological polar surface area (TPSA) is 30.0 Å². The van der Waals surface area contributed by atoms with Crippen LogP contribution in [0.5, 0.6) is 0 Å². The van der Waals surface area contributed by atoms with Gasteiger partial charge in [0.15, 0.2) is 0 Å². The van der Waals surface area contributed by atoms with Crippen molar-refractivity contribution in [3.8, 4) is 11.1 Å². The number of aromatic nitrogens is 1. The van der Waals surface area contributed by atoms with E-state index in [4.69, 9.17) is 0 Å². The van der Waals surface area contributed by atoms with Crippen LogP contribution < -0.4 is 0 Å². The molecule has 0 fully saturated rings. The second-order valence-electron chi connectivity index (χ2n) is 3.74. The van der Waals surface area contributed by atoms with Gasteiger partial charge in [0.25, 0.3) is 0 Å². The molecule has 2 rings (SSSR count). The number of halogens is 1. The van der Waals surface area contributed by atoms with Crippen LogP contribution in [0.15, 0.2) is 42.6 Å². The Morgan fingerprint density at radius 1 is 1.24 bits per heavy atom. The summed E-state index contributed by atoms with van der Waals surface area (Å²) in [5.41, 5.74) is 2.02. The molecular weight excluding hydrogens is 237 g/mol. The van der Waals surface area contributed by atoms with Crippen LogP contribution in [-0.4, -0.2) is 15.4 Å². The van der Waals surface area contributed by atoms with E-state index in [1.807, 2.05) is 0 Å². The van der Waals surface area contributed by atoms with E-state index in [2.05, 4.69) is 4.98 Å². The van der Waals surface area contributed by atoms with Crippen molar-refractivity contribution in [3.63, 3.8) is 0 Å². The summed E-state index contributed by atoms with van der Waals surface area (Å²) in [5.74, 6) is 0.165. The molecule has 2 aromatic rings. The SMILES string of the molecule is CS(=O)Cc1ccc(-c2ccccc2F)cn1. The molecule has 0 saturated heterocycles. The lowest BCUT2D eigenvalue weighted by Gasteiger charge is -2.03. The first-order valence-electron chi connectivity index (χ1n) is 5.16. The summed E-state index contributed by atoms with van der Waals surface area (Å²) in [6.07, 6.45) is 3.24. The van der Waals surface area contributed by atoms with E-state index >= 15 is 0 Å². The molecule has 0 aliphatic rings. The van der Waals surface area contributed by atoms with Crippen LogP contribution in [0.2, 0.25) is 0 Å². The number of hydrogen-bond acceptors (Lipinski definition) is 2. The fourth-order valence-electron chi connectivity index (χ4n) is 1.57. The van der Waals surface area contributed by atoms with E-state index in [0.717, 1.165) is 11.3 Å². The van der Waals surface area contributed by atoms with Crippen LogP contribution in [0, 0.1) is 5.82 Å². The van der Waals surface area contributed by atoms with E-state index in [-0.39, 0.29) is 5.82 Å². The van der Waals surface area contributed by atoms with Gasteiger partial charge in [0.2, 0.25) is 0 Å². The van der Waals surface area contributed by atoms with Gasteiger partial charge < -0.3 is 0 Å². The normalized spacial score (nSPS) is 12.4. The highest BCUT2D eigenvalue weighted by Gasteiger charge is 2.04. The molecule has 0 aliphatic carbocycles. The zero-order valence-corrected chi connectivity index (χ0v) is 10.2. The molecule has 17 heavy (non-hydrogen) atoms. The lowest BCUT2D eigenvalue weighted by atomic mass is 10.1. The largest absolute Gasteiger partial charge is 0.260 e. The minimum absolute atomic E-state index is 0.263. The Morgan fingerprint density at radius 3 is 2.59 bits per heavy atom. The van der Waals surface area contributed by atoms with Gasteiger partial charge in [0.1, 0.15) is 5.82 Å². The molecule has 0 N–H and O–H groups in total. The zero-order chi connectivity index (χ0) is 12.3. The predicted octanol–water partition coefficient (Wildman–Crippen LogP) is 2.77. The van der Waals surface area contributed by atoms with Gasteiger partial charge in [-0.15, -0.1) is 0 Å². The van der Waals surface area contributed by atoms with Crippen molar-refractivity contribution in [2.24, 2.45) is 0 Å². The van der Waals surface area contributed by atoms with Crippen LogP contribution in [-0.2, 0) is 16.6 Å². The average molecular weight is 249 g/mol. The maximum absolute atomic E-state index is 13.5. The first-order chi connectivity index (χ1) is 8.16. The van der Waals surface area contributed by atoms with Crippen molar-refractivity contribution in [1.82, 2.24) is 4.98 Å². The zero-order valence-electron chi connectivity index (χ0n) is 9.39. The Morgan fingerprint density at radius 2 is 2.00 bits per heavy atom. The second kappa shape index (κ2) is 5.19. The standard InChI is InChI=1S/C13H12FNOS/c1-17(16)9-11-7-6-10(8-15-11)12-4-2-3-5-13(12)14/h2-8H,9H2,1H3. The van der Waals surface area contributed by atoms with Gasteiger partial charge in [-0.05, 0) is 12.1 Å². The Balaban J connectivity index is 2.30. The third kappa shape index (κ3) is 2.97. The minimum Gasteiger partial charge on any atom is -0.260 e. The van der Waals surface area contributed by atoms with Crippen molar-refractivity contribution < 1.29 is 8.60 Å². The van der Waals surface area contributed by atoms with Crippen molar-refractivity contribution in [3.05, 3.63) is 54.1 Å². The van der Waals surface area contributed by atoms with Crippen molar-refractivity contribution in [1.29, 1.82) is 0 Å². The Kier molecular flexibility index (Phi) is 3.64. The van der Waals surface area contributed by atoms with E-state index < -0.39 is 10.8 Å². The smallest absolute Gasteiger partial charge is 0.131 e. The first kappa shape index (κ1) is 11.9. The van der Waals surface area contributed by atoms with E-state index in [1.54, 1.807) is 42.8 Å². The van der Waals surface area contributed by atoms with Crippen molar-refractivity contribution in [2.75, 3.05) is 6.26 Å². The fourth-order valence-corrected chi connectivity index (χ4v) is 2.16. The highest BCUT2D eigenvalue weighted by Crippen LogP contribution is 2.21. The van der Waals surface area contributed by atoms with Crippen LogP contribution in [0.3, 0.4) is 0 Å². The van der Waals surface area contributed by atoms with Gasteiger partial charge in [-0.1, -0.05) is 24.3 Å². The summed E-state index contributed by atoms with van der Waals surface area (Å²) >= 11 is 0. The number of rotatable bonds is 3. The summed E-state index contributed by atoms with van der Waals surface area (Å²) in [6, 6.07) is 10.2. The molecule has 1 heterocycles. The summed E-state index contributed by atoms with van der Waals surface area (Å²) < 4.78 is 24.5. The summed E-state index contributed by atoms with van der Waals surface area (Å²) in [7, 11) is -0.909. The molecule has 88 valence electrons. The molecular formula is C13H12FNOS. The molecule has 1 aromatic heterocycles. The third-order valence-electron chi connectivity index (χ3n) is 2.36. The molecule has 4 heteroatoms. The first-order valence-corrected chi connectivity index (χ1v) is 6.89. The minimum atomic E-state index is -0.909.